The first-order chi connectivity index (χ1) is 10.0. The van der Waals surface area contributed by atoms with Gasteiger partial charge in [-0.1, -0.05) is 0 Å². The second-order valence-electron chi connectivity index (χ2n) is 4.67. The molecule has 1 aliphatic heterocycles. The van der Waals surface area contributed by atoms with Gasteiger partial charge in [0.25, 0.3) is 0 Å². The molecule has 0 bridgehead atoms. The van der Waals surface area contributed by atoms with Gasteiger partial charge in [-0.2, -0.15) is 9.97 Å². The van der Waals surface area contributed by atoms with Crippen molar-refractivity contribution in [2.24, 2.45) is 0 Å². The zero-order valence-corrected chi connectivity index (χ0v) is 11.1. The van der Waals surface area contributed by atoms with E-state index in [2.05, 4.69) is 15.1 Å². The van der Waals surface area contributed by atoms with Crippen molar-refractivity contribution in [1.29, 1.82) is 0 Å². The Kier molecular flexibility index (Phi) is 3.37. The number of nitrogens with zero attached hydrogens (tertiary/aromatic N) is 4. The van der Waals surface area contributed by atoms with E-state index < -0.39 is 31.1 Å². The number of hydrogen-bond donors (Lipinski definition) is 4. The lowest BCUT2D eigenvalue weighted by atomic mass is 10.1. The molecule has 3 rings (SSSR count). The lowest BCUT2D eigenvalue weighted by molar-refractivity contribution is -0.0583. The summed E-state index contributed by atoms with van der Waals surface area (Å²) in [6.07, 6.45) is -2.74. The normalized spacial score (nSPS) is 29.1. The zero-order chi connectivity index (χ0) is 15.1. The lowest BCUT2D eigenvalue weighted by Crippen LogP contribution is -2.33. The van der Waals surface area contributed by atoms with E-state index >= 15 is 0 Å². The van der Waals surface area contributed by atoms with Crippen molar-refractivity contribution >= 4 is 17.0 Å². The van der Waals surface area contributed by atoms with Crippen LogP contribution in [0.15, 0.2) is 6.20 Å². The van der Waals surface area contributed by atoms with Crippen molar-refractivity contribution in [3.05, 3.63) is 6.20 Å². The number of rotatable bonds is 3. The quantitative estimate of drug-likeness (QED) is 0.506. The molecule has 0 amide bonds. The van der Waals surface area contributed by atoms with Gasteiger partial charge >= 0.3 is 0 Å². The summed E-state index contributed by atoms with van der Waals surface area (Å²) in [6.45, 7) is -0.411. The molecule has 0 saturated carbocycles. The third kappa shape index (κ3) is 2.17. The highest BCUT2D eigenvalue weighted by atomic mass is 16.6. The maximum absolute atomic E-state index is 9.98. The zero-order valence-electron chi connectivity index (χ0n) is 11.1. The van der Waals surface area contributed by atoms with Crippen LogP contribution >= 0.6 is 0 Å². The minimum Gasteiger partial charge on any atom is -0.480 e. The molecule has 0 radical (unpaired) electrons. The molecule has 10 heteroatoms. The van der Waals surface area contributed by atoms with Gasteiger partial charge in [0.05, 0.1) is 13.7 Å². The summed E-state index contributed by atoms with van der Waals surface area (Å²) >= 11 is 0. The Morgan fingerprint density at radius 1 is 1.38 bits per heavy atom. The Balaban J connectivity index is 2.02. The first-order valence-corrected chi connectivity index (χ1v) is 6.24. The molecule has 10 nitrogen and oxygen atoms in total. The van der Waals surface area contributed by atoms with Gasteiger partial charge < -0.3 is 30.5 Å². The average molecular weight is 297 g/mol. The number of ether oxygens (including phenoxy) is 2. The van der Waals surface area contributed by atoms with Gasteiger partial charge in [-0.25, -0.2) is 4.68 Å². The van der Waals surface area contributed by atoms with Crippen LogP contribution in [0, 0.1) is 0 Å². The number of aromatic nitrogens is 4. The third-order valence-corrected chi connectivity index (χ3v) is 3.35. The fourth-order valence-electron chi connectivity index (χ4n) is 2.30. The Morgan fingerprint density at radius 2 is 2.14 bits per heavy atom. The van der Waals surface area contributed by atoms with Gasteiger partial charge in [-0.05, 0) is 0 Å². The van der Waals surface area contributed by atoms with E-state index in [0.29, 0.717) is 5.39 Å². The summed E-state index contributed by atoms with van der Waals surface area (Å²) in [6, 6.07) is 0. The van der Waals surface area contributed by atoms with Crippen molar-refractivity contribution in [3.63, 3.8) is 0 Å². The van der Waals surface area contributed by atoms with Crippen molar-refractivity contribution in [2.75, 3.05) is 19.5 Å². The fraction of sp³-hybridized carbons (Fsp3) is 0.545. The number of nitrogens with two attached hydrogens (primary N) is 1. The Morgan fingerprint density at radius 3 is 2.76 bits per heavy atom. The summed E-state index contributed by atoms with van der Waals surface area (Å²) in [5.41, 5.74) is 5.83. The van der Waals surface area contributed by atoms with Crippen molar-refractivity contribution < 1.29 is 24.8 Å². The molecule has 114 valence electrons. The average Bonchev–Trinajstić information content (AvgIpc) is 3.00. The number of hydrogen-bond acceptors (Lipinski definition) is 9. The lowest BCUT2D eigenvalue weighted by Gasteiger charge is -2.14. The van der Waals surface area contributed by atoms with E-state index in [9.17, 15) is 10.2 Å². The van der Waals surface area contributed by atoms with Crippen LogP contribution in [0.25, 0.3) is 11.0 Å². The molecule has 3 heterocycles. The summed E-state index contributed by atoms with van der Waals surface area (Å²) < 4.78 is 11.8. The summed E-state index contributed by atoms with van der Waals surface area (Å²) in [5, 5.41) is 33.5. The van der Waals surface area contributed by atoms with Crippen LogP contribution in [0.1, 0.15) is 6.23 Å². The predicted octanol–water partition coefficient (Wildman–Crippen LogP) is -1.97. The second kappa shape index (κ2) is 5.07. The van der Waals surface area contributed by atoms with Crippen LogP contribution < -0.4 is 10.5 Å². The summed E-state index contributed by atoms with van der Waals surface area (Å²) in [5.74, 6) is 0.251. The van der Waals surface area contributed by atoms with Gasteiger partial charge in [0.2, 0.25) is 11.8 Å². The van der Waals surface area contributed by atoms with Gasteiger partial charge in [-0.3, -0.25) is 0 Å². The highest BCUT2D eigenvalue weighted by molar-refractivity contribution is 5.80. The maximum atomic E-state index is 9.98. The molecule has 2 aromatic heterocycles. The van der Waals surface area contributed by atoms with E-state index in [1.165, 1.54) is 18.0 Å². The molecular weight excluding hydrogens is 282 g/mol. The molecular formula is C11H15N5O5. The second-order valence-corrected chi connectivity index (χ2v) is 4.67. The van der Waals surface area contributed by atoms with Gasteiger partial charge in [0.1, 0.15) is 23.7 Å². The SMILES string of the molecule is COc1nc(N)nc2nn([C@@H]3O[C@H](CO)[C@@H](O)[C@H]3O)cc12. The Bertz CT molecular complexity index is 662. The highest BCUT2D eigenvalue weighted by Crippen LogP contribution is 2.31. The number of anilines is 1. The van der Waals surface area contributed by atoms with Crippen LogP contribution in [0.4, 0.5) is 5.95 Å². The molecule has 2 aromatic rings. The van der Waals surface area contributed by atoms with Crippen LogP contribution in [-0.4, -0.2) is 67.1 Å². The van der Waals surface area contributed by atoms with Crippen molar-refractivity contribution in [2.45, 2.75) is 24.5 Å². The summed E-state index contributed by atoms with van der Waals surface area (Å²) in [7, 11) is 1.44. The molecule has 0 unspecified atom stereocenters. The van der Waals surface area contributed by atoms with Crippen LogP contribution in [0.5, 0.6) is 5.88 Å². The van der Waals surface area contributed by atoms with Gasteiger partial charge in [-0.15, -0.1) is 5.10 Å². The molecule has 1 aliphatic rings. The number of aliphatic hydroxyl groups is 3. The van der Waals surface area contributed by atoms with E-state index in [-0.39, 0.29) is 17.5 Å². The maximum Gasteiger partial charge on any atom is 0.229 e. The molecule has 0 aliphatic carbocycles. The molecule has 21 heavy (non-hydrogen) atoms. The van der Waals surface area contributed by atoms with E-state index in [1.54, 1.807) is 0 Å². The van der Waals surface area contributed by atoms with Crippen LogP contribution in [-0.2, 0) is 4.74 Å². The third-order valence-electron chi connectivity index (χ3n) is 3.35. The molecule has 1 saturated heterocycles. The number of fused-ring (bicyclic) bond motifs is 1. The number of methoxy groups -OCH3 is 1. The topological polar surface area (TPSA) is 149 Å². The molecule has 1 fully saturated rings. The van der Waals surface area contributed by atoms with Gasteiger partial charge in [0, 0.05) is 6.20 Å². The standard InChI is InChI=1S/C11H15N5O5/c1-20-9-4-2-16(15-8(4)13-11(12)14-9)10-7(19)6(18)5(3-17)21-10/h2,5-7,10,17-19H,3H2,1H3,(H2,12,13,15)/t5-,6-,7-,10-/m1/s1. The first kappa shape index (κ1) is 13.9. The summed E-state index contributed by atoms with van der Waals surface area (Å²) in [4.78, 5) is 7.89. The van der Waals surface area contributed by atoms with E-state index in [1.807, 2.05) is 0 Å². The number of nitrogen functional groups attached to an aromatic ring is 1. The Labute approximate surface area is 118 Å². The largest absolute Gasteiger partial charge is 0.480 e. The Hall–Kier alpha value is -2.01. The molecule has 0 spiro atoms. The minimum atomic E-state index is -1.23. The monoisotopic (exact) mass is 297 g/mol. The molecule has 5 N–H and O–H groups in total. The van der Waals surface area contributed by atoms with Crippen molar-refractivity contribution in [1.82, 2.24) is 19.7 Å². The van der Waals surface area contributed by atoms with E-state index in [4.69, 9.17) is 20.3 Å². The fourth-order valence-corrected chi connectivity index (χ4v) is 2.30. The number of aliphatic hydroxyl groups excluding tert-OH is 3. The van der Waals surface area contributed by atoms with Crippen LogP contribution in [0.2, 0.25) is 0 Å². The first-order valence-electron chi connectivity index (χ1n) is 6.24. The highest BCUT2D eigenvalue weighted by Gasteiger charge is 2.43. The minimum absolute atomic E-state index is 0.00533. The van der Waals surface area contributed by atoms with Crippen LogP contribution in [0.3, 0.4) is 0 Å². The van der Waals surface area contributed by atoms with Crippen molar-refractivity contribution in [3.8, 4) is 5.88 Å². The van der Waals surface area contributed by atoms with Gasteiger partial charge in [0.15, 0.2) is 11.9 Å². The van der Waals surface area contributed by atoms with E-state index in [0.717, 1.165) is 0 Å². The molecule has 0 aromatic carbocycles. The predicted molar refractivity (Wildman–Crippen MR) is 69.3 cm³/mol. The smallest absolute Gasteiger partial charge is 0.229 e. The molecule has 4 atom stereocenters.